The summed E-state index contributed by atoms with van der Waals surface area (Å²) in [5.74, 6) is -0.716. The summed E-state index contributed by atoms with van der Waals surface area (Å²) in [6.07, 6.45) is 0. The Morgan fingerprint density at radius 1 is 1.26 bits per heavy atom. The molecule has 0 saturated carbocycles. The summed E-state index contributed by atoms with van der Waals surface area (Å²) in [4.78, 5) is 12.1. The van der Waals surface area contributed by atoms with Gasteiger partial charge >= 0.3 is 0 Å². The molecule has 0 radical (unpaired) electrons. The quantitative estimate of drug-likeness (QED) is 0.824. The molecule has 0 bridgehead atoms. The number of hydrogen-bond donors (Lipinski definition) is 2. The van der Waals surface area contributed by atoms with Crippen LogP contribution in [0.25, 0.3) is 0 Å². The van der Waals surface area contributed by atoms with E-state index in [0.29, 0.717) is 27.5 Å². The van der Waals surface area contributed by atoms with Crippen molar-refractivity contribution in [2.24, 2.45) is 0 Å². The van der Waals surface area contributed by atoms with Gasteiger partial charge in [0.05, 0.1) is 11.4 Å². The number of carbonyl (C=O) groups is 1. The summed E-state index contributed by atoms with van der Waals surface area (Å²) in [5, 5.41) is 3.16. The summed E-state index contributed by atoms with van der Waals surface area (Å²) in [5.41, 5.74) is 7.56. The number of benzene rings is 2. The number of nitrogen functional groups attached to an aromatic ring is 1. The molecule has 0 spiro atoms. The van der Waals surface area contributed by atoms with Crippen molar-refractivity contribution >= 4 is 28.9 Å². The lowest BCUT2D eigenvalue weighted by Crippen LogP contribution is -2.14. The SMILES string of the molecule is Cc1cc(F)ccc1C(=O)Nc1ccc(Cl)cc1N. The van der Waals surface area contributed by atoms with Crippen LogP contribution in [0, 0.1) is 12.7 Å². The molecule has 0 aromatic heterocycles. The third kappa shape index (κ3) is 3.03. The molecule has 0 fully saturated rings. The highest BCUT2D eigenvalue weighted by molar-refractivity contribution is 6.31. The lowest BCUT2D eigenvalue weighted by Gasteiger charge is -2.10. The van der Waals surface area contributed by atoms with Gasteiger partial charge in [-0.1, -0.05) is 11.6 Å². The first-order valence-electron chi connectivity index (χ1n) is 5.60. The van der Waals surface area contributed by atoms with E-state index in [1.54, 1.807) is 25.1 Å². The molecule has 0 unspecified atom stereocenters. The fourth-order valence-corrected chi connectivity index (χ4v) is 1.90. The van der Waals surface area contributed by atoms with Crippen LogP contribution in [0.1, 0.15) is 15.9 Å². The Morgan fingerprint density at radius 3 is 2.63 bits per heavy atom. The van der Waals surface area contributed by atoms with Gasteiger partial charge in [-0.05, 0) is 48.9 Å². The number of nitrogens with one attached hydrogen (secondary N) is 1. The summed E-state index contributed by atoms with van der Waals surface area (Å²) in [6, 6.07) is 8.79. The second-order valence-corrected chi connectivity index (χ2v) is 4.58. The first-order chi connectivity index (χ1) is 8.97. The predicted octanol–water partition coefficient (Wildman–Crippen LogP) is 3.62. The first-order valence-corrected chi connectivity index (χ1v) is 5.97. The van der Waals surface area contributed by atoms with Gasteiger partial charge in [0.15, 0.2) is 0 Å². The average Bonchev–Trinajstić information content (AvgIpc) is 2.32. The van der Waals surface area contributed by atoms with Crippen LogP contribution in [-0.4, -0.2) is 5.91 Å². The Hall–Kier alpha value is -2.07. The van der Waals surface area contributed by atoms with E-state index in [2.05, 4.69) is 5.32 Å². The lowest BCUT2D eigenvalue weighted by molar-refractivity contribution is 0.102. The maximum Gasteiger partial charge on any atom is 0.255 e. The zero-order valence-corrected chi connectivity index (χ0v) is 11.0. The minimum Gasteiger partial charge on any atom is -0.397 e. The number of aryl methyl sites for hydroxylation is 1. The topological polar surface area (TPSA) is 55.1 Å². The molecule has 0 saturated heterocycles. The van der Waals surface area contributed by atoms with Crippen LogP contribution >= 0.6 is 11.6 Å². The molecule has 3 N–H and O–H groups in total. The van der Waals surface area contributed by atoms with Crippen molar-refractivity contribution in [2.75, 3.05) is 11.1 Å². The molecule has 19 heavy (non-hydrogen) atoms. The zero-order chi connectivity index (χ0) is 14.0. The van der Waals surface area contributed by atoms with Crippen LogP contribution in [0.5, 0.6) is 0 Å². The number of amides is 1. The number of rotatable bonds is 2. The minimum atomic E-state index is -0.375. The van der Waals surface area contributed by atoms with E-state index in [1.807, 2.05) is 0 Å². The van der Waals surface area contributed by atoms with Gasteiger partial charge in [-0.25, -0.2) is 4.39 Å². The van der Waals surface area contributed by atoms with E-state index in [0.717, 1.165) is 0 Å². The minimum absolute atomic E-state index is 0.341. The maximum absolute atomic E-state index is 13.0. The number of anilines is 2. The molecule has 1 amide bonds. The normalized spacial score (nSPS) is 10.3. The third-order valence-electron chi connectivity index (χ3n) is 2.69. The predicted molar refractivity (Wildman–Crippen MR) is 75.0 cm³/mol. The second-order valence-electron chi connectivity index (χ2n) is 4.14. The highest BCUT2D eigenvalue weighted by Crippen LogP contribution is 2.23. The highest BCUT2D eigenvalue weighted by atomic mass is 35.5. The van der Waals surface area contributed by atoms with Crippen LogP contribution in [0.2, 0.25) is 5.02 Å². The van der Waals surface area contributed by atoms with Crippen molar-refractivity contribution < 1.29 is 9.18 Å². The van der Waals surface area contributed by atoms with Crippen molar-refractivity contribution in [1.82, 2.24) is 0 Å². The molecule has 0 aliphatic carbocycles. The molecule has 98 valence electrons. The van der Waals surface area contributed by atoms with Crippen molar-refractivity contribution in [2.45, 2.75) is 6.92 Å². The summed E-state index contributed by atoms with van der Waals surface area (Å²) in [6.45, 7) is 1.67. The van der Waals surface area contributed by atoms with Crippen LogP contribution in [0.15, 0.2) is 36.4 Å². The van der Waals surface area contributed by atoms with Gasteiger partial charge in [0.25, 0.3) is 5.91 Å². The highest BCUT2D eigenvalue weighted by Gasteiger charge is 2.11. The fraction of sp³-hybridized carbons (Fsp3) is 0.0714. The lowest BCUT2D eigenvalue weighted by atomic mass is 10.1. The molecule has 2 rings (SSSR count). The van der Waals surface area contributed by atoms with Crippen LogP contribution in [0.4, 0.5) is 15.8 Å². The summed E-state index contributed by atoms with van der Waals surface area (Å²) in [7, 11) is 0. The number of hydrogen-bond acceptors (Lipinski definition) is 2. The van der Waals surface area contributed by atoms with Gasteiger partial charge in [-0.2, -0.15) is 0 Å². The number of nitrogens with two attached hydrogens (primary N) is 1. The van der Waals surface area contributed by atoms with E-state index < -0.39 is 0 Å². The van der Waals surface area contributed by atoms with E-state index in [4.69, 9.17) is 17.3 Å². The first kappa shape index (κ1) is 13.4. The Bertz CT molecular complexity index is 643. The molecule has 0 aliphatic rings. The molecule has 0 atom stereocenters. The fourth-order valence-electron chi connectivity index (χ4n) is 1.72. The van der Waals surface area contributed by atoms with Crippen molar-refractivity contribution in [3.05, 3.63) is 58.4 Å². The Balaban J connectivity index is 2.25. The molecule has 0 aliphatic heterocycles. The molecule has 3 nitrogen and oxygen atoms in total. The second kappa shape index (κ2) is 5.28. The molecule has 0 heterocycles. The Morgan fingerprint density at radius 2 is 2.00 bits per heavy atom. The monoisotopic (exact) mass is 278 g/mol. The van der Waals surface area contributed by atoms with Gasteiger partial charge in [-0.15, -0.1) is 0 Å². The van der Waals surface area contributed by atoms with Gasteiger partial charge in [0, 0.05) is 10.6 Å². The average molecular weight is 279 g/mol. The molecule has 2 aromatic carbocycles. The van der Waals surface area contributed by atoms with Gasteiger partial charge < -0.3 is 11.1 Å². The van der Waals surface area contributed by atoms with Crippen molar-refractivity contribution in [3.63, 3.8) is 0 Å². The van der Waals surface area contributed by atoms with Crippen LogP contribution in [0.3, 0.4) is 0 Å². The van der Waals surface area contributed by atoms with E-state index >= 15 is 0 Å². The number of carbonyl (C=O) groups excluding carboxylic acids is 1. The van der Waals surface area contributed by atoms with E-state index in [1.165, 1.54) is 18.2 Å². The van der Waals surface area contributed by atoms with Gasteiger partial charge in [-0.3, -0.25) is 4.79 Å². The standard InChI is InChI=1S/C14H12ClFN2O/c1-8-6-10(16)3-4-11(8)14(19)18-13-5-2-9(15)7-12(13)17/h2-7H,17H2,1H3,(H,18,19). The third-order valence-corrected chi connectivity index (χ3v) is 2.93. The molecule has 5 heteroatoms. The maximum atomic E-state index is 13.0. The summed E-state index contributed by atoms with van der Waals surface area (Å²) < 4.78 is 13.0. The van der Waals surface area contributed by atoms with E-state index in [-0.39, 0.29) is 11.7 Å². The van der Waals surface area contributed by atoms with Gasteiger partial charge in [0.1, 0.15) is 5.82 Å². The van der Waals surface area contributed by atoms with Crippen molar-refractivity contribution in [3.8, 4) is 0 Å². The Labute approximate surface area is 115 Å². The largest absolute Gasteiger partial charge is 0.397 e. The summed E-state index contributed by atoms with van der Waals surface area (Å²) >= 11 is 5.78. The Kier molecular flexibility index (Phi) is 3.71. The van der Waals surface area contributed by atoms with Crippen molar-refractivity contribution in [1.29, 1.82) is 0 Å². The van der Waals surface area contributed by atoms with Crippen LogP contribution in [-0.2, 0) is 0 Å². The zero-order valence-electron chi connectivity index (χ0n) is 10.2. The van der Waals surface area contributed by atoms with Crippen LogP contribution < -0.4 is 11.1 Å². The van der Waals surface area contributed by atoms with E-state index in [9.17, 15) is 9.18 Å². The smallest absolute Gasteiger partial charge is 0.255 e. The number of halogens is 2. The van der Waals surface area contributed by atoms with Gasteiger partial charge in [0.2, 0.25) is 0 Å². The molecular weight excluding hydrogens is 267 g/mol. The molecule has 2 aromatic rings. The molecular formula is C14H12ClFN2O.